The van der Waals surface area contributed by atoms with Crippen molar-refractivity contribution in [1.29, 1.82) is 0 Å². The smallest absolute Gasteiger partial charge is 0.313 e. The molecule has 0 saturated carbocycles. The van der Waals surface area contributed by atoms with Gasteiger partial charge in [-0.3, -0.25) is 14.8 Å². The standard InChI is InChI=1S/C16H36N.2C11H9N3O2S/c1-5-9-13-17(14-10-6-2,15-11-7-3)16-12-8-4;2*15-10(16)7-17-11-13-6-4-9(14-11)8-3-1-2-5-12-8/h5-16H2,1-4H3;2*1-6H,7H2,(H,15,16)/q+1;;/p-1. The van der Waals surface area contributed by atoms with Gasteiger partial charge in [0.05, 0.1) is 60.7 Å². The van der Waals surface area contributed by atoms with Crippen LogP contribution in [0, 0.1) is 0 Å². The van der Waals surface area contributed by atoms with E-state index in [-0.39, 0.29) is 11.5 Å². The molecule has 1 N–H and O–H groups in total. The van der Waals surface area contributed by atoms with Gasteiger partial charge in [0.1, 0.15) is 0 Å². The number of carboxylic acids is 2. The van der Waals surface area contributed by atoms with E-state index in [1.54, 1.807) is 36.9 Å². The number of hydrogen-bond acceptors (Lipinski definition) is 11. The molecule has 276 valence electrons. The van der Waals surface area contributed by atoms with Crippen LogP contribution in [0.2, 0.25) is 0 Å². The van der Waals surface area contributed by atoms with Crippen LogP contribution in [-0.2, 0) is 9.59 Å². The molecular formula is C38H53N7O4S2. The summed E-state index contributed by atoms with van der Waals surface area (Å²) in [5, 5.41) is 19.7. The molecule has 0 bridgehead atoms. The van der Waals surface area contributed by atoms with Gasteiger partial charge in [-0.05, 0) is 62.1 Å². The van der Waals surface area contributed by atoms with E-state index in [0.29, 0.717) is 21.7 Å². The predicted molar refractivity (Wildman–Crippen MR) is 204 cm³/mol. The van der Waals surface area contributed by atoms with E-state index in [4.69, 9.17) is 5.11 Å². The van der Waals surface area contributed by atoms with E-state index in [1.165, 1.54) is 82.0 Å². The maximum absolute atomic E-state index is 10.4. The Kier molecular flexibility index (Phi) is 22.0. The molecule has 51 heavy (non-hydrogen) atoms. The lowest BCUT2D eigenvalue weighted by atomic mass is 10.1. The van der Waals surface area contributed by atoms with E-state index in [0.717, 1.165) is 34.9 Å². The number of aromatic nitrogens is 6. The minimum absolute atomic E-state index is 0.0499. The van der Waals surface area contributed by atoms with E-state index in [1.807, 2.05) is 36.4 Å². The maximum Gasteiger partial charge on any atom is 0.313 e. The molecule has 4 rings (SSSR count). The fourth-order valence-electron chi connectivity index (χ4n) is 5.03. The quantitative estimate of drug-likeness (QED) is 0.0559. The maximum atomic E-state index is 10.4. The van der Waals surface area contributed by atoms with Crippen LogP contribution in [0.15, 0.2) is 83.6 Å². The normalized spacial score (nSPS) is 10.7. The molecule has 0 saturated heterocycles. The van der Waals surface area contributed by atoms with Crippen molar-refractivity contribution < 1.29 is 24.3 Å². The number of hydrogen-bond donors (Lipinski definition) is 1. The summed E-state index contributed by atoms with van der Waals surface area (Å²) in [6, 6.07) is 14.5. The zero-order valence-corrected chi connectivity index (χ0v) is 32.1. The molecule has 13 heteroatoms. The summed E-state index contributed by atoms with van der Waals surface area (Å²) in [6.45, 7) is 15.0. The van der Waals surface area contributed by atoms with Gasteiger partial charge < -0.3 is 19.5 Å². The molecule has 0 aliphatic rings. The van der Waals surface area contributed by atoms with Crippen LogP contribution in [0.5, 0.6) is 0 Å². The molecular weight excluding hydrogens is 683 g/mol. The summed E-state index contributed by atoms with van der Waals surface area (Å²) in [6.07, 6.45) is 17.6. The molecule has 0 radical (unpaired) electrons. The third kappa shape index (κ3) is 18.2. The SMILES string of the molecule is CCCC[N+](CCCC)(CCCC)CCCC.O=C(O)CSc1nccc(-c2ccccn2)n1.O=C([O-])CSc1nccc(-c2ccccn2)n1. The highest BCUT2D eigenvalue weighted by molar-refractivity contribution is 8.00. The fraction of sp³-hybridized carbons (Fsp3) is 0.474. The van der Waals surface area contributed by atoms with E-state index in [9.17, 15) is 14.7 Å². The number of carbonyl (C=O) groups is 2. The Hall–Kier alpha value is -3.94. The monoisotopic (exact) mass is 735 g/mol. The largest absolute Gasteiger partial charge is 0.549 e. The topological polar surface area (TPSA) is 155 Å². The van der Waals surface area contributed by atoms with Gasteiger partial charge in [-0.2, -0.15) is 0 Å². The van der Waals surface area contributed by atoms with Crippen molar-refractivity contribution in [3.63, 3.8) is 0 Å². The summed E-state index contributed by atoms with van der Waals surface area (Å²) in [7, 11) is 0. The highest BCUT2D eigenvalue weighted by Crippen LogP contribution is 2.19. The number of carboxylic acid groups (broad SMARTS) is 2. The Labute approximate surface area is 311 Å². The van der Waals surface area contributed by atoms with Crippen molar-refractivity contribution in [3.05, 3.63) is 73.3 Å². The first kappa shape index (κ1) is 43.2. The Bertz CT molecular complexity index is 1400. The first-order valence-electron chi connectivity index (χ1n) is 17.8. The molecule has 11 nitrogen and oxygen atoms in total. The van der Waals surface area contributed by atoms with Gasteiger partial charge in [0.2, 0.25) is 0 Å². The van der Waals surface area contributed by atoms with Gasteiger partial charge >= 0.3 is 5.97 Å². The van der Waals surface area contributed by atoms with Crippen molar-refractivity contribution in [2.75, 3.05) is 37.7 Å². The number of thioether (sulfide) groups is 2. The summed E-state index contributed by atoms with van der Waals surface area (Å²) in [4.78, 5) is 45.5. The highest BCUT2D eigenvalue weighted by atomic mass is 32.2. The second-order valence-corrected chi connectivity index (χ2v) is 13.8. The lowest BCUT2D eigenvalue weighted by Gasteiger charge is -2.39. The second kappa shape index (κ2) is 25.9. The van der Waals surface area contributed by atoms with E-state index in [2.05, 4.69) is 57.6 Å². The average molecular weight is 736 g/mol. The third-order valence-electron chi connectivity index (χ3n) is 7.71. The fourth-order valence-corrected chi connectivity index (χ4v) is 6.13. The van der Waals surface area contributed by atoms with Gasteiger partial charge in [-0.15, -0.1) is 0 Å². The van der Waals surface area contributed by atoms with Crippen LogP contribution in [0.3, 0.4) is 0 Å². The number of rotatable bonds is 20. The number of unbranched alkanes of at least 4 members (excludes halogenated alkanes) is 4. The van der Waals surface area contributed by atoms with Gasteiger partial charge in [-0.25, -0.2) is 19.9 Å². The number of quaternary nitrogens is 1. The number of aliphatic carboxylic acids is 2. The molecule has 0 unspecified atom stereocenters. The van der Waals surface area contributed by atoms with Crippen LogP contribution in [0.4, 0.5) is 0 Å². The molecule has 4 aromatic heterocycles. The van der Waals surface area contributed by atoms with Gasteiger partial charge in [0.15, 0.2) is 10.3 Å². The molecule has 0 atom stereocenters. The van der Waals surface area contributed by atoms with Crippen LogP contribution >= 0.6 is 23.5 Å². The summed E-state index contributed by atoms with van der Waals surface area (Å²) >= 11 is 2.11. The predicted octanol–water partition coefficient (Wildman–Crippen LogP) is 7.10. The van der Waals surface area contributed by atoms with Crippen molar-refractivity contribution in [2.24, 2.45) is 0 Å². The van der Waals surface area contributed by atoms with Crippen molar-refractivity contribution >= 4 is 35.5 Å². The number of carbonyl (C=O) groups excluding carboxylic acids is 1. The van der Waals surface area contributed by atoms with Crippen molar-refractivity contribution in [2.45, 2.75) is 89.4 Å². The number of nitrogens with zero attached hydrogens (tertiary/aromatic N) is 7. The third-order valence-corrected chi connectivity index (χ3v) is 9.39. The molecule has 0 aliphatic heterocycles. The Morgan fingerprint density at radius 3 is 1.33 bits per heavy atom. The second-order valence-electron chi connectivity index (χ2n) is 11.9. The highest BCUT2D eigenvalue weighted by Gasteiger charge is 2.24. The summed E-state index contributed by atoms with van der Waals surface area (Å²) in [5.41, 5.74) is 2.83. The number of pyridine rings is 2. The van der Waals surface area contributed by atoms with Gasteiger partial charge in [0, 0.05) is 30.5 Å². The summed E-state index contributed by atoms with van der Waals surface area (Å²) < 4.78 is 1.42. The van der Waals surface area contributed by atoms with Crippen LogP contribution in [0.25, 0.3) is 22.8 Å². The first-order valence-corrected chi connectivity index (χ1v) is 19.7. The lowest BCUT2D eigenvalue weighted by Crippen LogP contribution is -2.50. The zero-order chi connectivity index (χ0) is 37.2. The first-order chi connectivity index (χ1) is 24.8. The average Bonchev–Trinajstić information content (AvgIpc) is 3.17. The van der Waals surface area contributed by atoms with Crippen LogP contribution in [0.1, 0.15) is 79.1 Å². The molecule has 0 aromatic carbocycles. The molecule has 0 aliphatic carbocycles. The molecule has 0 fully saturated rings. The minimum atomic E-state index is -1.14. The van der Waals surface area contributed by atoms with Crippen molar-refractivity contribution in [1.82, 2.24) is 29.9 Å². The Morgan fingerprint density at radius 2 is 1.00 bits per heavy atom. The Balaban J connectivity index is 0.000000265. The minimum Gasteiger partial charge on any atom is -0.549 e. The van der Waals surface area contributed by atoms with E-state index >= 15 is 0 Å². The molecule has 0 amide bonds. The molecule has 4 aromatic rings. The lowest BCUT2D eigenvalue weighted by molar-refractivity contribution is -0.929. The zero-order valence-electron chi connectivity index (χ0n) is 30.4. The molecule has 4 heterocycles. The van der Waals surface area contributed by atoms with Crippen molar-refractivity contribution in [3.8, 4) is 22.8 Å². The van der Waals surface area contributed by atoms with Crippen LogP contribution < -0.4 is 5.11 Å². The van der Waals surface area contributed by atoms with E-state index < -0.39 is 11.9 Å². The molecule has 0 spiro atoms. The Morgan fingerprint density at radius 1 is 0.588 bits per heavy atom. The summed E-state index contributed by atoms with van der Waals surface area (Å²) in [5.74, 6) is -2.24. The van der Waals surface area contributed by atoms with Crippen LogP contribution in [-0.4, -0.2) is 89.1 Å². The van der Waals surface area contributed by atoms with Gasteiger partial charge in [0.25, 0.3) is 0 Å². The van der Waals surface area contributed by atoms with Gasteiger partial charge in [-0.1, -0.05) is 89.0 Å².